The summed E-state index contributed by atoms with van der Waals surface area (Å²) in [5, 5.41) is 28.5. The van der Waals surface area contributed by atoms with Crippen molar-refractivity contribution in [2.75, 3.05) is 13.1 Å². The normalized spacial score (nSPS) is 19.0. The zero-order valence-electron chi connectivity index (χ0n) is 47.4. The van der Waals surface area contributed by atoms with Gasteiger partial charge in [0, 0.05) is 25.7 Å². The molecule has 16 heteroatoms. The molecule has 2 aliphatic carbocycles. The first-order valence-corrected chi connectivity index (χ1v) is 26.4. The van der Waals surface area contributed by atoms with Gasteiger partial charge in [0.15, 0.2) is 23.8 Å². The number of carboxylic acids is 2. The molecule has 0 saturated carbocycles. The van der Waals surface area contributed by atoms with Crippen LogP contribution in [0.15, 0.2) is 190 Å². The van der Waals surface area contributed by atoms with E-state index >= 15 is 0 Å². The van der Waals surface area contributed by atoms with E-state index in [9.17, 15) is 48.6 Å². The molecule has 0 saturated heterocycles. The predicted molar refractivity (Wildman–Crippen MR) is 309 cm³/mol. The van der Waals surface area contributed by atoms with E-state index in [1.807, 2.05) is 140 Å². The van der Waals surface area contributed by atoms with E-state index < -0.39 is 84.2 Å². The number of ether oxygens (including phenoxy) is 2. The molecule has 0 radical (unpaired) electrons. The molecule has 4 amide bonds. The first-order valence-electron chi connectivity index (χ1n) is 26.4. The smallest absolute Gasteiger partial charge is 0.326 e. The third-order valence-electron chi connectivity index (χ3n) is 13.4. The maximum Gasteiger partial charge on any atom is 0.326 e. The fourth-order valence-corrected chi connectivity index (χ4v) is 8.98. The Kier molecular flexibility index (Phi) is 24.3. The molecule has 4 unspecified atom stereocenters. The summed E-state index contributed by atoms with van der Waals surface area (Å²) in [4.78, 5) is 101. The Morgan fingerprint density at radius 1 is 0.537 bits per heavy atom. The van der Waals surface area contributed by atoms with Crippen LogP contribution in [0.3, 0.4) is 0 Å². The highest BCUT2D eigenvalue weighted by molar-refractivity contribution is 6.02. The summed E-state index contributed by atoms with van der Waals surface area (Å²) in [7, 11) is 0. The Morgan fingerprint density at radius 3 is 1.20 bits per heavy atom. The number of carbonyl (C=O) groups excluding carboxylic acids is 6. The first kappa shape index (κ1) is 63.9. The fraction of sp³-hybridized carbons (Fsp3) is 0.344. The number of rotatable bonds is 24. The van der Waals surface area contributed by atoms with Crippen LogP contribution in [0.1, 0.15) is 93.2 Å². The molecule has 2 aromatic carbocycles. The maximum atomic E-state index is 13.4. The van der Waals surface area contributed by atoms with Crippen molar-refractivity contribution in [3.63, 3.8) is 0 Å². The number of ketones is 2. The van der Waals surface area contributed by atoms with Crippen LogP contribution in [-0.4, -0.2) is 95.1 Å². The summed E-state index contributed by atoms with van der Waals surface area (Å²) in [6, 6.07) is 13.5. The van der Waals surface area contributed by atoms with Crippen molar-refractivity contribution >= 4 is 47.5 Å². The van der Waals surface area contributed by atoms with E-state index in [2.05, 4.69) is 21.3 Å². The molecule has 2 aliphatic rings. The molecule has 0 fully saturated rings. The van der Waals surface area contributed by atoms with Gasteiger partial charge < -0.3 is 41.0 Å². The molecule has 0 bridgehead atoms. The van der Waals surface area contributed by atoms with Crippen LogP contribution >= 0.6 is 0 Å². The Balaban J connectivity index is 1.23. The van der Waals surface area contributed by atoms with Crippen molar-refractivity contribution in [3.05, 3.63) is 201 Å². The van der Waals surface area contributed by atoms with Gasteiger partial charge in [0.1, 0.15) is 25.2 Å². The molecule has 80 heavy (non-hydrogen) atoms. The second-order valence-corrected chi connectivity index (χ2v) is 21.2. The van der Waals surface area contributed by atoms with Crippen LogP contribution in [0.5, 0.6) is 0 Å². The molecule has 0 spiro atoms. The summed E-state index contributed by atoms with van der Waals surface area (Å²) < 4.78 is 11.0. The summed E-state index contributed by atoms with van der Waals surface area (Å²) in [5.74, 6) is -4.74. The van der Waals surface area contributed by atoms with E-state index in [4.69, 9.17) is 9.47 Å². The average Bonchev–Trinajstić information content (AvgIpc) is 3.42. The lowest BCUT2D eigenvalue weighted by molar-refractivity contribution is -0.155. The second kappa shape index (κ2) is 30.5. The summed E-state index contributed by atoms with van der Waals surface area (Å²) in [6.07, 6.45) is 25.9. The molecule has 4 atom stereocenters. The van der Waals surface area contributed by atoms with Crippen molar-refractivity contribution < 1.29 is 58.0 Å². The Bertz CT molecular complexity index is 2780. The molecule has 0 aliphatic heterocycles. The van der Waals surface area contributed by atoms with Crippen LogP contribution in [-0.2, 0) is 51.1 Å². The average molecular weight is 1090 g/mol. The number of Topliss-reactive ketones (excluding diaryl/α,β-unsaturated/α-hetero) is 2. The van der Waals surface area contributed by atoms with Gasteiger partial charge in [0.2, 0.25) is 0 Å². The lowest BCUT2D eigenvalue weighted by Crippen LogP contribution is -2.48. The molecule has 424 valence electrons. The van der Waals surface area contributed by atoms with Gasteiger partial charge in [-0.25, -0.2) is 19.2 Å². The molecule has 0 aromatic heterocycles. The third-order valence-corrected chi connectivity index (χ3v) is 13.4. The number of carbonyl (C=O) groups is 8. The largest absolute Gasteiger partial charge is 0.480 e. The van der Waals surface area contributed by atoms with E-state index in [-0.39, 0.29) is 37.2 Å². The zero-order valence-corrected chi connectivity index (χ0v) is 47.4. The van der Waals surface area contributed by atoms with Crippen molar-refractivity contribution in [2.24, 2.45) is 10.8 Å². The van der Waals surface area contributed by atoms with Crippen LogP contribution in [0, 0.1) is 10.8 Å². The number of allylic oxidation sites excluding steroid dienone is 20. The molecule has 4 rings (SSSR count). The third kappa shape index (κ3) is 20.9. The summed E-state index contributed by atoms with van der Waals surface area (Å²) >= 11 is 0. The zero-order chi connectivity index (χ0) is 59.2. The first-order chi connectivity index (χ1) is 37.8. The molecule has 0 heterocycles. The van der Waals surface area contributed by atoms with E-state index in [0.29, 0.717) is 11.1 Å². The van der Waals surface area contributed by atoms with Crippen LogP contribution < -0.4 is 21.3 Å². The minimum Gasteiger partial charge on any atom is -0.480 e. The van der Waals surface area contributed by atoms with Crippen LogP contribution in [0.2, 0.25) is 0 Å². The minimum absolute atomic E-state index is 0.0564. The number of carboxylic acid groups (broad SMARTS) is 2. The number of hydrogen-bond donors (Lipinski definition) is 6. The molecular weight excluding hydrogens is 1020 g/mol. The Morgan fingerprint density at radius 2 is 0.863 bits per heavy atom. The lowest BCUT2D eigenvalue weighted by Gasteiger charge is -2.36. The fourth-order valence-electron chi connectivity index (χ4n) is 8.98. The molecule has 16 nitrogen and oxygen atoms in total. The number of amides is 4. The highest BCUT2D eigenvalue weighted by Crippen LogP contribution is 2.42. The Labute approximate surface area is 469 Å². The summed E-state index contributed by atoms with van der Waals surface area (Å²) in [6.45, 7) is 18.1. The highest BCUT2D eigenvalue weighted by atomic mass is 16.6. The van der Waals surface area contributed by atoms with Crippen molar-refractivity contribution in [1.29, 1.82) is 0 Å². The van der Waals surface area contributed by atoms with Gasteiger partial charge in [0.05, 0.1) is 0 Å². The van der Waals surface area contributed by atoms with Gasteiger partial charge in [-0.2, -0.15) is 0 Å². The predicted octanol–water partition coefficient (Wildman–Crippen LogP) is 10.00. The van der Waals surface area contributed by atoms with Gasteiger partial charge >= 0.3 is 35.9 Å². The van der Waals surface area contributed by atoms with E-state index in [0.717, 1.165) is 44.6 Å². The van der Waals surface area contributed by atoms with Crippen LogP contribution in [0.4, 0.5) is 9.59 Å². The van der Waals surface area contributed by atoms with Crippen molar-refractivity contribution in [3.8, 4) is 0 Å². The van der Waals surface area contributed by atoms with Gasteiger partial charge in [0.25, 0.3) is 0 Å². The highest BCUT2D eigenvalue weighted by Gasteiger charge is 2.41. The second-order valence-electron chi connectivity index (χ2n) is 21.2. The van der Waals surface area contributed by atoms with E-state index in [1.54, 1.807) is 74.5 Å². The van der Waals surface area contributed by atoms with Gasteiger partial charge in [-0.3, -0.25) is 19.2 Å². The minimum atomic E-state index is -1.22. The monoisotopic (exact) mass is 1090 g/mol. The van der Waals surface area contributed by atoms with E-state index in [1.165, 1.54) is 0 Å². The Hall–Kier alpha value is -8.66. The number of hydrogen-bond acceptors (Lipinski definition) is 10. The van der Waals surface area contributed by atoms with Crippen molar-refractivity contribution in [1.82, 2.24) is 21.3 Å². The molecule has 2 aromatic rings. The SMILES string of the molecule is CC(C=CC=C(C)C=CC1=C(C)C(=O)C(OC(=O)CNC(=O)NC(Cc2ccccc2)C(=O)O)CC1(C)C)=CC=CC=C(C)C=CC=C(C)C=CC1=C(C)C(=O)C(OC(=O)CNC(=O)NC(Cc2ccccc2)C(=O)O)CC1(C)C. The number of urea groups is 2. The van der Waals surface area contributed by atoms with Gasteiger partial charge in [-0.15, -0.1) is 0 Å². The lowest BCUT2D eigenvalue weighted by atomic mass is 9.71. The van der Waals surface area contributed by atoms with Crippen LogP contribution in [0.25, 0.3) is 0 Å². The quantitative estimate of drug-likeness (QED) is 0.0425. The maximum absolute atomic E-state index is 13.4. The van der Waals surface area contributed by atoms with Gasteiger partial charge in [-0.05, 0) is 85.8 Å². The number of esters is 2. The van der Waals surface area contributed by atoms with Crippen molar-refractivity contribution in [2.45, 2.75) is 119 Å². The standard InChI is InChI=1S/C64H76N4O12/c1-41(23-19-25-43(3)31-33-49-45(5)57(71)53(37-63(49,7)8)79-55(69)39-65-61(77)67-51(59(73)74)35-47-27-13-11-14-28-47)21-17-18-22-42(2)24-20-26-44(4)32-34-50-46(6)58(72)54(38-64(50,9)10)80-56(70)40-66-62(78)68-52(60(75)76)36-48-29-15-12-16-30-48/h11-34,51-54H,35-40H2,1-10H3,(H,73,74)(H,75,76)(H2,65,67,77)(H2,66,68,78). The molecular formula is C64H76N4O12. The summed E-state index contributed by atoms with van der Waals surface area (Å²) in [5.41, 5.74) is 6.93. The number of nitrogens with one attached hydrogen (secondary N) is 4. The van der Waals surface area contributed by atoms with Gasteiger partial charge in [-0.1, -0.05) is 196 Å². The number of aliphatic carboxylic acids is 2. The topological polar surface area (TPSA) is 244 Å². The molecule has 6 N–H and O–H groups in total. The number of benzene rings is 2.